The van der Waals surface area contributed by atoms with Gasteiger partial charge in [0.2, 0.25) is 0 Å². The molecule has 0 aromatic heterocycles. The highest BCUT2D eigenvalue weighted by atomic mass is 32.2. The molecular formula is C8H19N3O4S. The van der Waals surface area contributed by atoms with Crippen molar-refractivity contribution in [1.29, 1.82) is 0 Å². The summed E-state index contributed by atoms with van der Waals surface area (Å²) in [5, 5.41) is 0. The molecule has 0 bridgehead atoms. The molecule has 0 aliphatic carbocycles. The molecule has 0 rings (SSSR count). The summed E-state index contributed by atoms with van der Waals surface area (Å²) in [4.78, 5) is 10.8. The molecule has 0 unspecified atom stereocenters. The Morgan fingerprint density at radius 2 is 2.12 bits per heavy atom. The Morgan fingerprint density at radius 1 is 1.50 bits per heavy atom. The van der Waals surface area contributed by atoms with Crippen LogP contribution in [0.4, 0.5) is 0 Å². The van der Waals surface area contributed by atoms with Crippen LogP contribution in [0.3, 0.4) is 0 Å². The summed E-state index contributed by atoms with van der Waals surface area (Å²) in [5.41, 5.74) is 5.24. The molecular weight excluding hydrogens is 234 g/mol. The molecule has 0 aromatic rings. The number of carbonyl (C=O) groups is 1. The van der Waals surface area contributed by atoms with Crippen molar-refractivity contribution in [2.75, 3.05) is 33.8 Å². The molecule has 0 spiro atoms. The first kappa shape index (κ1) is 15.3. The van der Waals surface area contributed by atoms with Gasteiger partial charge in [0.15, 0.2) is 0 Å². The first-order chi connectivity index (χ1) is 7.44. The first-order valence-corrected chi connectivity index (χ1v) is 6.36. The fraction of sp³-hybridized carbons (Fsp3) is 0.875. The number of rotatable bonds is 8. The maximum absolute atomic E-state index is 11.5. The predicted molar refractivity (Wildman–Crippen MR) is 59.9 cm³/mol. The number of carbonyl (C=O) groups excluding carboxylic acids is 1. The third-order valence-electron chi connectivity index (χ3n) is 1.93. The van der Waals surface area contributed by atoms with E-state index in [1.54, 1.807) is 0 Å². The third kappa shape index (κ3) is 6.01. The van der Waals surface area contributed by atoms with Gasteiger partial charge in [-0.25, -0.2) is 4.72 Å². The average Bonchev–Trinajstić information content (AvgIpc) is 2.25. The average molecular weight is 253 g/mol. The molecule has 0 saturated heterocycles. The van der Waals surface area contributed by atoms with Gasteiger partial charge in [0.05, 0.1) is 13.5 Å². The van der Waals surface area contributed by atoms with Gasteiger partial charge in [-0.1, -0.05) is 0 Å². The summed E-state index contributed by atoms with van der Waals surface area (Å²) in [7, 11) is -0.860. The SMILES string of the molecule is COC(=O)CCN(C)S(=O)(=O)NCCCN. The van der Waals surface area contributed by atoms with Crippen molar-refractivity contribution in [1.82, 2.24) is 9.03 Å². The lowest BCUT2D eigenvalue weighted by atomic mass is 10.4. The van der Waals surface area contributed by atoms with Crippen molar-refractivity contribution in [3.8, 4) is 0 Å². The molecule has 96 valence electrons. The van der Waals surface area contributed by atoms with Crippen LogP contribution in [0.25, 0.3) is 0 Å². The van der Waals surface area contributed by atoms with Gasteiger partial charge in [0.25, 0.3) is 10.2 Å². The maximum Gasteiger partial charge on any atom is 0.306 e. The molecule has 16 heavy (non-hydrogen) atoms. The largest absolute Gasteiger partial charge is 0.469 e. The summed E-state index contributed by atoms with van der Waals surface area (Å²) in [5.74, 6) is -0.441. The van der Waals surface area contributed by atoms with Gasteiger partial charge in [-0.15, -0.1) is 0 Å². The van der Waals surface area contributed by atoms with Crippen molar-refractivity contribution >= 4 is 16.2 Å². The van der Waals surface area contributed by atoms with E-state index in [0.29, 0.717) is 19.5 Å². The van der Waals surface area contributed by atoms with E-state index in [2.05, 4.69) is 9.46 Å². The molecule has 3 N–H and O–H groups in total. The fourth-order valence-corrected chi connectivity index (χ4v) is 1.84. The molecule has 0 saturated carbocycles. The second kappa shape index (κ2) is 7.55. The second-order valence-corrected chi connectivity index (χ2v) is 5.05. The molecule has 0 aliphatic rings. The van der Waals surface area contributed by atoms with Crippen LogP contribution in [0.1, 0.15) is 12.8 Å². The Morgan fingerprint density at radius 3 is 2.62 bits per heavy atom. The Balaban J connectivity index is 4.04. The normalized spacial score (nSPS) is 11.8. The van der Waals surface area contributed by atoms with E-state index in [0.717, 1.165) is 4.31 Å². The van der Waals surface area contributed by atoms with Gasteiger partial charge in [0, 0.05) is 20.1 Å². The minimum Gasteiger partial charge on any atom is -0.469 e. The maximum atomic E-state index is 11.5. The quantitative estimate of drug-likeness (QED) is 0.412. The first-order valence-electron chi connectivity index (χ1n) is 4.92. The highest BCUT2D eigenvalue weighted by Gasteiger charge is 2.17. The standard InChI is InChI=1S/C8H19N3O4S/c1-11(7-4-8(12)15-2)16(13,14)10-6-3-5-9/h10H,3-7,9H2,1-2H3. The number of methoxy groups -OCH3 is 1. The lowest BCUT2D eigenvalue weighted by Crippen LogP contribution is -2.40. The highest BCUT2D eigenvalue weighted by Crippen LogP contribution is 1.96. The minimum absolute atomic E-state index is 0.0325. The van der Waals surface area contributed by atoms with Crippen LogP contribution in [0.5, 0.6) is 0 Å². The lowest BCUT2D eigenvalue weighted by molar-refractivity contribution is -0.140. The Kier molecular flexibility index (Phi) is 7.22. The summed E-state index contributed by atoms with van der Waals surface area (Å²) >= 11 is 0. The Hall–Kier alpha value is -0.700. The monoisotopic (exact) mass is 253 g/mol. The van der Waals surface area contributed by atoms with E-state index in [-0.39, 0.29) is 13.0 Å². The van der Waals surface area contributed by atoms with E-state index in [4.69, 9.17) is 5.73 Å². The van der Waals surface area contributed by atoms with Gasteiger partial charge >= 0.3 is 5.97 Å². The fourth-order valence-electron chi connectivity index (χ4n) is 0.884. The number of ether oxygens (including phenoxy) is 1. The molecule has 0 aliphatic heterocycles. The topological polar surface area (TPSA) is 102 Å². The van der Waals surface area contributed by atoms with Crippen molar-refractivity contribution < 1.29 is 17.9 Å². The molecule has 0 radical (unpaired) electrons. The van der Waals surface area contributed by atoms with Gasteiger partial charge in [-0.05, 0) is 13.0 Å². The van der Waals surface area contributed by atoms with Crippen LogP contribution in [-0.4, -0.2) is 52.5 Å². The smallest absolute Gasteiger partial charge is 0.306 e. The van der Waals surface area contributed by atoms with Crippen LogP contribution in [0.2, 0.25) is 0 Å². The predicted octanol–water partition coefficient (Wildman–Crippen LogP) is -1.34. The van der Waals surface area contributed by atoms with E-state index in [9.17, 15) is 13.2 Å². The Bertz CT molecular complexity index is 304. The molecule has 0 atom stereocenters. The summed E-state index contributed by atoms with van der Waals surface area (Å²) in [6, 6.07) is 0. The zero-order valence-electron chi connectivity index (χ0n) is 9.60. The van der Waals surface area contributed by atoms with Gasteiger partial charge in [-0.3, -0.25) is 4.79 Å². The number of nitrogens with one attached hydrogen (secondary N) is 1. The Labute approximate surface area is 96.1 Å². The van der Waals surface area contributed by atoms with Crippen LogP contribution in [0.15, 0.2) is 0 Å². The number of hydrogen-bond donors (Lipinski definition) is 2. The zero-order valence-corrected chi connectivity index (χ0v) is 10.4. The second-order valence-electron chi connectivity index (χ2n) is 3.19. The molecule has 0 aromatic carbocycles. The van der Waals surface area contributed by atoms with Crippen LogP contribution < -0.4 is 10.5 Å². The van der Waals surface area contributed by atoms with Crippen molar-refractivity contribution in [2.45, 2.75) is 12.8 Å². The van der Waals surface area contributed by atoms with E-state index in [1.807, 2.05) is 0 Å². The number of hydrogen-bond acceptors (Lipinski definition) is 5. The van der Waals surface area contributed by atoms with Gasteiger partial charge in [0.1, 0.15) is 0 Å². The van der Waals surface area contributed by atoms with E-state index < -0.39 is 16.2 Å². The number of esters is 1. The van der Waals surface area contributed by atoms with Crippen molar-refractivity contribution in [3.05, 3.63) is 0 Å². The van der Waals surface area contributed by atoms with Crippen molar-refractivity contribution in [3.63, 3.8) is 0 Å². The van der Waals surface area contributed by atoms with Gasteiger partial charge in [-0.2, -0.15) is 12.7 Å². The molecule has 0 amide bonds. The van der Waals surface area contributed by atoms with Crippen molar-refractivity contribution in [2.24, 2.45) is 5.73 Å². The summed E-state index contributed by atoms with van der Waals surface area (Å²) < 4.78 is 30.9. The van der Waals surface area contributed by atoms with Crippen LogP contribution in [-0.2, 0) is 19.7 Å². The molecule has 0 fully saturated rings. The van der Waals surface area contributed by atoms with Crippen LogP contribution >= 0.6 is 0 Å². The highest BCUT2D eigenvalue weighted by molar-refractivity contribution is 7.87. The molecule has 7 nitrogen and oxygen atoms in total. The molecule has 8 heteroatoms. The lowest BCUT2D eigenvalue weighted by Gasteiger charge is -2.16. The molecule has 0 heterocycles. The van der Waals surface area contributed by atoms with E-state index >= 15 is 0 Å². The minimum atomic E-state index is -3.52. The van der Waals surface area contributed by atoms with Gasteiger partial charge < -0.3 is 10.5 Å². The summed E-state index contributed by atoms with van der Waals surface area (Å²) in [6.07, 6.45) is 0.606. The van der Waals surface area contributed by atoms with E-state index in [1.165, 1.54) is 14.2 Å². The number of nitrogens with two attached hydrogens (primary N) is 1. The third-order valence-corrected chi connectivity index (χ3v) is 3.51. The number of nitrogens with zero attached hydrogens (tertiary/aromatic N) is 1. The summed E-state index contributed by atoms with van der Waals surface area (Å²) in [6.45, 7) is 0.806. The zero-order chi connectivity index (χ0) is 12.6. The van der Waals surface area contributed by atoms with Crippen LogP contribution in [0, 0.1) is 0 Å².